The van der Waals surface area contributed by atoms with Crippen LogP contribution in [0.4, 0.5) is 11.8 Å². The van der Waals surface area contributed by atoms with Crippen LogP contribution >= 0.6 is 0 Å². The largest absolute Gasteiger partial charge is 0.497 e. The molecule has 0 bridgehead atoms. The van der Waals surface area contributed by atoms with Gasteiger partial charge in [0.25, 0.3) is 0 Å². The second-order valence-corrected chi connectivity index (χ2v) is 5.81. The van der Waals surface area contributed by atoms with Crippen LogP contribution < -0.4 is 15.0 Å². The highest BCUT2D eigenvalue weighted by molar-refractivity contribution is 5.42. The number of anilines is 2. The lowest BCUT2D eigenvalue weighted by Gasteiger charge is -2.27. The summed E-state index contributed by atoms with van der Waals surface area (Å²) in [4.78, 5) is 11.3. The Bertz CT molecular complexity index is 626. The molecule has 0 atom stereocenters. The van der Waals surface area contributed by atoms with Crippen molar-refractivity contribution in [3.05, 3.63) is 42.1 Å². The first-order chi connectivity index (χ1) is 11.3. The Hall–Kier alpha value is -2.30. The molecule has 2 aromatic rings. The third kappa shape index (κ3) is 4.34. The minimum atomic E-state index is 0.705. The molecule has 0 unspecified atom stereocenters. The lowest BCUT2D eigenvalue weighted by molar-refractivity contribution is 0.414. The minimum absolute atomic E-state index is 0.705. The second kappa shape index (κ2) is 7.81. The number of nitrogens with zero attached hydrogens (tertiary/aromatic N) is 3. The summed E-state index contributed by atoms with van der Waals surface area (Å²) in [7, 11) is 1.69. The quantitative estimate of drug-likeness (QED) is 0.888. The smallest absolute Gasteiger partial charge is 0.224 e. The standard InChI is InChI=1S/C18H24N4O/c1-23-16-7-5-6-15(14-16)8-10-19-18-20-11-9-17(21-18)22-12-3-2-4-13-22/h5-7,9,11,14H,2-4,8,10,12-13H2,1H3,(H,19,20,21). The van der Waals surface area contributed by atoms with E-state index in [4.69, 9.17) is 4.74 Å². The minimum Gasteiger partial charge on any atom is -0.497 e. The fourth-order valence-corrected chi connectivity index (χ4v) is 2.88. The molecule has 1 aliphatic rings. The van der Waals surface area contributed by atoms with Gasteiger partial charge in [0, 0.05) is 25.8 Å². The Morgan fingerprint density at radius 3 is 2.87 bits per heavy atom. The molecule has 1 aromatic carbocycles. The summed E-state index contributed by atoms with van der Waals surface area (Å²) in [5.41, 5.74) is 1.24. The third-order valence-electron chi connectivity index (χ3n) is 4.15. The van der Waals surface area contributed by atoms with Crippen LogP contribution in [0.2, 0.25) is 0 Å². The number of rotatable bonds is 6. The molecule has 3 rings (SSSR count). The first-order valence-corrected chi connectivity index (χ1v) is 8.30. The molecule has 0 saturated carbocycles. The Kier molecular flexibility index (Phi) is 5.29. The van der Waals surface area contributed by atoms with Gasteiger partial charge in [0.1, 0.15) is 11.6 Å². The first kappa shape index (κ1) is 15.6. The molecular weight excluding hydrogens is 288 g/mol. The van der Waals surface area contributed by atoms with Crippen LogP contribution in [0.5, 0.6) is 5.75 Å². The van der Waals surface area contributed by atoms with Gasteiger partial charge in [0.15, 0.2) is 0 Å². The van der Waals surface area contributed by atoms with Gasteiger partial charge in [-0.2, -0.15) is 4.98 Å². The van der Waals surface area contributed by atoms with Crippen molar-refractivity contribution < 1.29 is 4.74 Å². The summed E-state index contributed by atoms with van der Waals surface area (Å²) in [6.45, 7) is 3.00. The lowest BCUT2D eigenvalue weighted by atomic mass is 10.1. The van der Waals surface area contributed by atoms with Crippen molar-refractivity contribution in [2.75, 3.05) is 37.0 Å². The molecule has 1 fully saturated rings. The summed E-state index contributed by atoms with van der Waals surface area (Å²) in [6, 6.07) is 10.1. The zero-order valence-electron chi connectivity index (χ0n) is 13.7. The average molecular weight is 312 g/mol. The number of aromatic nitrogens is 2. The zero-order chi connectivity index (χ0) is 15.9. The molecule has 0 radical (unpaired) electrons. The molecule has 1 saturated heterocycles. The van der Waals surface area contributed by atoms with E-state index in [1.54, 1.807) is 7.11 Å². The fraction of sp³-hybridized carbons (Fsp3) is 0.444. The van der Waals surface area contributed by atoms with Gasteiger partial charge in [0.2, 0.25) is 5.95 Å². The Morgan fingerprint density at radius 2 is 2.04 bits per heavy atom. The summed E-state index contributed by atoms with van der Waals surface area (Å²) in [5.74, 6) is 2.63. The number of hydrogen-bond donors (Lipinski definition) is 1. The normalized spacial score (nSPS) is 14.6. The molecule has 0 spiro atoms. The van der Waals surface area contributed by atoms with Crippen molar-refractivity contribution >= 4 is 11.8 Å². The van der Waals surface area contributed by atoms with E-state index in [1.165, 1.54) is 24.8 Å². The maximum absolute atomic E-state index is 5.25. The van der Waals surface area contributed by atoms with Crippen molar-refractivity contribution in [1.29, 1.82) is 0 Å². The van der Waals surface area contributed by atoms with E-state index < -0.39 is 0 Å². The molecule has 1 aromatic heterocycles. The highest BCUT2D eigenvalue weighted by Crippen LogP contribution is 2.18. The molecular formula is C18H24N4O. The summed E-state index contributed by atoms with van der Waals surface area (Å²) in [6.07, 6.45) is 6.58. The molecule has 0 amide bonds. The van der Waals surface area contributed by atoms with E-state index in [-0.39, 0.29) is 0 Å². The highest BCUT2D eigenvalue weighted by atomic mass is 16.5. The van der Waals surface area contributed by atoms with Crippen LogP contribution in [0.25, 0.3) is 0 Å². The monoisotopic (exact) mass is 312 g/mol. The highest BCUT2D eigenvalue weighted by Gasteiger charge is 2.12. The summed E-state index contributed by atoms with van der Waals surface area (Å²) in [5, 5.41) is 3.32. The second-order valence-electron chi connectivity index (χ2n) is 5.81. The van der Waals surface area contributed by atoms with Crippen LogP contribution in [0, 0.1) is 0 Å². The number of hydrogen-bond acceptors (Lipinski definition) is 5. The van der Waals surface area contributed by atoms with E-state index in [0.29, 0.717) is 5.95 Å². The molecule has 23 heavy (non-hydrogen) atoms. The summed E-state index contributed by atoms with van der Waals surface area (Å²) >= 11 is 0. The van der Waals surface area contributed by atoms with Crippen LogP contribution in [-0.4, -0.2) is 36.7 Å². The van der Waals surface area contributed by atoms with Crippen molar-refractivity contribution in [3.63, 3.8) is 0 Å². The molecule has 1 N–H and O–H groups in total. The van der Waals surface area contributed by atoms with Crippen LogP contribution in [0.3, 0.4) is 0 Å². The Balaban J connectivity index is 1.55. The van der Waals surface area contributed by atoms with E-state index in [2.05, 4.69) is 32.3 Å². The maximum atomic E-state index is 5.25. The predicted octanol–water partition coefficient (Wildman–Crippen LogP) is 3.13. The zero-order valence-corrected chi connectivity index (χ0v) is 13.7. The average Bonchev–Trinajstić information content (AvgIpc) is 2.63. The van der Waals surface area contributed by atoms with Gasteiger partial charge in [0.05, 0.1) is 7.11 Å². The van der Waals surface area contributed by atoms with Crippen molar-refractivity contribution in [2.24, 2.45) is 0 Å². The van der Waals surface area contributed by atoms with Crippen LogP contribution in [-0.2, 0) is 6.42 Å². The van der Waals surface area contributed by atoms with Crippen molar-refractivity contribution in [3.8, 4) is 5.75 Å². The van der Waals surface area contributed by atoms with E-state index in [9.17, 15) is 0 Å². The van der Waals surface area contributed by atoms with Crippen LogP contribution in [0.15, 0.2) is 36.5 Å². The molecule has 122 valence electrons. The molecule has 5 nitrogen and oxygen atoms in total. The molecule has 2 heterocycles. The number of nitrogens with one attached hydrogen (secondary N) is 1. The Morgan fingerprint density at radius 1 is 1.17 bits per heavy atom. The predicted molar refractivity (Wildman–Crippen MR) is 93.3 cm³/mol. The van der Waals surface area contributed by atoms with Gasteiger partial charge in [-0.05, 0) is 49.4 Å². The van der Waals surface area contributed by atoms with Gasteiger partial charge < -0.3 is 15.0 Å². The van der Waals surface area contributed by atoms with Crippen LogP contribution in [0.1, 0.15) is 24.8 Å². The van der Waals surface area contributed by atoms with E-state index in [0.717, 1.165) is 37.6 Å². The van der Waals surface area contributed by atoms with Gasteiger partial charge >= 0.3 is 0 Å². The maximum Gasteiger partial charge on any atom is 0.224 e. The summed E-state index contributed by atoms with van der Waals surface area (Å²) < 4.78 is 5.25. The third-order valence-corrected chi connectivity index (χ3v) is 4.15. The van der Waals surface area contributed by atoms with Crippen molar-refractivity contribution in [2.45, 2.75) is 25.7 Å². The fourth-order valence-electron chi connectivity index (χ4n) is 2.88. The van der Waals surface area contributed by atoms with Crippen molar-refractivity contribution in [1.82, 2.24) is 9.97 Å². The van der Waals surface area contributed by atoms with E-state index >= 15 is 0 Å². The topological polar surface area (TPSA) is 50.3 Å². The lowest BCUT2D eigenvalue weighted by Crippen LogP contribution is -2.30. The Labute approximate surface area is 137 Å². The van der Waals surface area contributed by atoms with Gasteiger partial charge in [-0.25, -0.2) is 4.98 Å². The van der Waals surface area contributed by atoms with Gasteiger partial charge in [-0.3, -0.25) is 0 Å². The number of piperidine rings is 1. The number of methoxy groups -OCH3 is 1. The molecule has 0 aliphatic carbocycles. The van der Waals surface area contributed by atoms with E-state index in [1.807, 2.05) is 24.4 Å². The van der Waals surface area contributed by atoms with Gasteiger partial charge in [-0.1, -0.05) is 12.1 Å². The molecule has 5 heteroatoms. The van der Waals surface area contributed by atoms with Gasteiger partial charge in [-0.15, -0.1) is 0 Å². The first-order valence-electron chi connectivity index (χ1n) is 8.30. The number of ether oxygens (including phenoxy) is 1. The SMILES string of the molecule is COc1cccc(CCNc2nccc(N3CCCCC3)n2)c1. The number of benzene rings is 1. The molecule has 1 aliphatic heterocycles.